The highest BCUT2D eigenvalue weighted by Crippen LogP contribution is 2.22. The van der Waals surface area contributed by atoms with Crippen LogP contribution in [0.2, 0.25) is 5.02 Å². The average molecular weight is 240 g/mol. The summed E-state index contributed by atoms with van der Waals surface area (Å²) in [5.74, 6) is 0.0209. The summed E-state index contributed by atoms with van der Waals surface area (Å²) in [5, 5.41) is 0.628. The van der Waals surface area contributed by atoms with Gasteiger partial charge >= 0.3 is 0 Å². The fourth-order valence-electron chi connectivity index (χ4n) is 1.87. The second-order valence-corrected chi connectivity index (χ2v) is 4.37. The predicted molar refractivity (Wildman–Crippen MR) is 62.7 cm³/mol. The number of Topliss-reactive ketones (excluding diaryl/α,β-unsaturated/α-hetero) is 1. The minimum atomic E-state index is -0.338. The van der Waals surface area contributed by atoms with Gasteiger partial charge in [-0.25, -0.2) is 0 Å². The molecule has 1 fully saturated rings. The summed E-state index contributed by atoms with van der Waals surface area (Å²) in [6.07, 6.45) is 1.31. The molecule has 0 bridgehead atoms. The Balaban J connectivity index is 2.05. The molecule has 2 atom stereocenters. The van der Waals surface area contributed by atoms with Crippen LogP contribution in [0.4, 0.5) is 0 Å². The van der Waals surface area contributed by atoms with Gasteiger partial charge in [0, 0.05) is 17.1 Å². The van der Waals surface area contributed by atoms with Crippen molar-refractivity contribution in [3.8, 4) is 0 Å². The van der Waals surface area contributed by atoms with Crippen molar-refractivity contribution in [1.82, 2.24) is 0 Å². The number of hydrogen-bond acceptors (Lipinski definition) is 3. The third-order valence-corrected chi connectivity index (χ3v) is 3.04. The zero-order valence-corrected chi connectivity index (χ0v) is 9.61. The van der Waals surface area contributed by atoms with Crippen LogP contribution in [0.15, 0.2) is 24.3 Å². The fourth-order valence-corrected chi connectivity index (χ4v) is 2.00. The van der Waals surface area contributed by atoms with Crippen LogP contribution >= 0.6 is 11.6 Å². The van der Waals surface area contributed by atoms with Crippen molar-refractivity contribution in [2.75, 3.05) is 6.54 Å². The van der Waals surface area contributed by atoms with E-state index in [1.54, 1.807) is 24.3 Å². The van der Waals surface area contributed by atoms with E-state index in [0.29, 0.717) is 17.1 Å². The molecule has 0 aromatic heterocycles. The van der Waals surface area contributed by atoms with E-state index in [-0.39, 0.29) is 18.0 Å². The lowest BCUT2D eigenvalue weighted by atomic mass is 10.0. The molecule has 2 N–H and O–H groups in total. The van der Waals surface area contributed by atoms with E-state index in [1.165, 1.54) is 0 Å². The molecule has 1 heterocycles. The molecule has 4 heteroatoms. The SMILES string of the molecule is NCC1CCC(C(=O)c2ccc(Cl)cc2)O1. The smallest absolute Gasteiger partial charge is 0.191 e. The monoisotopic (exact) mass is 239 g/mol. The number of carbonyl (C=O) groups is 1. The van der Waals surface area contributed by atoms with Crippen LogP contribution in [-0.2, 0) is 4.74 Å². The highest BCUT2D eigenvalue weighted by molar-refractivity contribution is 6.30. The number of hydrogen-bond donors (Lipinski definition) is 1. The van der Waals surface area contributed by atoms with E-state index >= 15 is 0 Å². The first-order chi connectivity index (χ1) is 7.70. The number of rotatable bonds is 3. The second kappa shape index (κ2) is 4.95. The molecule has 0 aliphatic carbocycles. The Kier molecular flexibility index (Phi) is 3.59. The molecule has 0 radical (unpaired) electrons. The van der Waals surface area contributed by atoms with E-state index in [9.17, 15) is 4.79 Å². The van der Waals surface area contributed by atoms with Crippen LogP contribution in [0, 0.1) is 0 Å². The lowest BCUT2D eigenvalue weighted by Gasteiger charge is -2.11. The molecular formula is C12H14ClNO2. The van der Waals surface area contributed by atoms with E-state index in [1.807, 2.05) is 0 Å². The number of ether oxygens (including phenoxy) is 1. The number of carbonyl (C=O) groups excluding carboxylic acids is 1. The van der Waals surface area contributed by atoms with Crippen LogP contribution < -0.4 is 5.73 Å². The van der Waals surface area contributed by atoms with E-state index < -0.39 is 0 Å². The summed E-state index contributed by atoms with van der Waals surface area (Å²) < 4.78 is 5.55. The van der Waals surface area contributed by atoms with Gasteiger partial charge in [-0.3, -0.25) is 4.79 Å². The number of ketones is 1. The Morgan fingerprint density at radius 2 is 2.06 bits per heavy atom. The molecule has 0 spiro atoms. The Morgan fingerprint density at radius 3 is 2.62 bits per heavy atom. The normalized spacial score (nSPS) is 24.6. The molecule has 1 aliphatic heterocycles. The van der Waals surface area contributed by atoms with Crippen molar-refractivity contribution in [2.45, 2.75) is 25.0 Å². The van der Waals surface area contributed by atoms with Gasteiger partial charge in [0.15, 0.2) is 5.78 Å². The lowest BCUT2D eigenvalue weighted by molar-refractivity contribution is 0.0404. The Morgan fingerprint density at radius 1 is 1.38 bits per heavy atom. The zero-order valence-electron chi connectivity index (χ0n) is 8.86. The Hall–Kier alpha value is -0.900. The van der Waals surface area contributed by atoms with Gasteiger partial charge in [0.05, 0.1) is 6.10 Å². The van der Waals surface area contributed by atoms with Gasteiger partial charge in [-0.2, -0.15) is 0 Å². The summed E-state index contributed by atoms with van der Waals surface area (Å²) in [7, 11) is 0. The molecule has 1 aliphatic rings. The fraction of sp³-hybridized carbons (Fsp3) is 0.417. The quantitative estimate of drug-likeness (QED) is 0.822. The Labute approximate surface area is 99.5 Å². The minimum absolute atomic E-state index is 0.0209. The molecule has 16 heavy (non-hydrogen) atoms. The minimum Gasteiger partial charge on any atom is -0.366 e. The molecule has 3 nitrogen and oxygen atoms in total. The largest absolute Gasteiger partial charge is 0.366 e. The van der Waals surface area contributed by atoms with E-state index in [2.05, 4.69) is 0 Å². The van der Waals surface area contributed by atoms with Gasteiger partial charge in [-0.15, -0.1) is 0 Å². The van der Waals surface area contributed by atoms with Crippen LogP contribution in [0.25, 0.3) is 0 Å². The van der Waals surface area contributed by atoms with E-state index in [0.717, 1.165) is 12.8 Å². The molecule has 1 aromatic rings. The van der Waals surface area contributed by atoms with Gasteiger partial charge in [-0.1, -0.05) is 11.6 Å². The second-order valence-electron chi connectivity index (χ2n) is 3.93. The third kappa shape index (κ3) is 2.43. The lowest BCUT2D eigenvalue weighted by Crippen LogP contribution is -2.25. The van der Waals surface area contributed by atoms with Gasteiger partial charge in [0.1, 0.15) is 6.10 Å². The first-order valence-electron chi connectivity index (χ1n) is 5.36. The summed E-state index contributed by atoms with van der Waals surface area (Å²) in [5.41, 5.74) is 6.15. The number of nitrogens with two attached hydrogens (primary N) is 1. The van der Waals surface area contributed by atoms with Crippen molar-refractivity contribution in [1.29, 1.82) is 0 Å². The standard InChI is InChI=1S/C12H14ClNO2/c13-9-3-1-8(2-4-9)12(15)11-6-5-10(7-14)16-11/h1-4,10-11H,5-7,14H2. The van der Waals surface area contributed by atoms with Crippen LogP contribution in [0.5, 0.6) is 0 Å². The molecule has 0 saturated carbocycles. The van der Waals surface area contributed by atoms with Gasteiger partial charge < -0.3 is 10.5 Å². The van der Waals surface area contributed by atoms with E-state index in [4.69, 9.17) is 22.1 Å². The van der Waals surface area contributed by atoms with Crippen molar-refractivity contribution < 1.29 is 9.53 Å². The van der Waals surface area contributed by atoms with Crippen molar-refractivity contribution in [2.24, 2.45) is 5.73 Å². The third-order valence-electron chi connectivity index (χ3n) is 2.79. The first kappa shape index (κ1) is 11.6. The summed E-state index contributed by atoms with van der Waals surface area (Å²) in [4.78, 5) is 12.0. The summed E-state index contributed by atoms with van der Waals surface area (Å²) >= 11 is 5.76. The Bertz CT molecular complexity index is 377. The molecule has 2 rings (SSSR count). The number of halogens is 1. The van der Waals surface area contributed by atoms with Crippen LogP contribution in [0.1, 0.15) is 23.2 Å². The predicted octanol–water partition coefficient (Wildman–Crippen LogP) is 2.03. The maximum atomic E-state index is 12.0. The highest BCUT2D eigenvalue weighted by Gasteiger charge is 2.30. The maximum Gasteiger partial charge on any atom is 0.191 e. The average Bonchev–Trinajstić information content (AvgIpc) is 2.77. The van der Waals surface area contributed by atoms with Crippen molar-refractivity contribution in [3.63, 3.8) is 0 Å². The van der Waals surface area contributed by atoms with Crippen molar-refractivity contribution in [3.05, 3.63) is 34.9 Å². The topological polar surface area (TPSA) is 52.3 Å². The van der Waals surface area contributed by atoms with Crippen LogP contribution in [0.3, 0.4) is 0 Å². The van der Waals surface area contributed by atoms with Gasteiger partial charge in [0.25, 0.3) is 0 Å². The first-order valence-corrected chi connectivity index (χ1v) is 5.74. The van der Waals surface area contributed by atoms with Crippen molar-refractivity contribution >= 4 is 17.4 Å². The summed E-state index contributed by atoms with van der Waals surface area (Å²) in [6, 6.07) is 6.88. The maximum absolute atomic E-state index is 12.0. The van der Waals surface area contributed by atoms with Gasteiger partial charge in [-0.05, 0) is 37.1 Å². The molecular weight excluding hydrogens is 226 g/mol. The molecule has 0 amide bonds. The number of benzene rings is 1. The zero-order chi connectivity index (χ0) is 11.5. The highest BCUT2D eigenvalue weighted by atomic mass is 35.5. The molecule has 1 saturated heterocycles. The van der Waals surface area contributed by atoms with Crippen LogP contribution in [-0.4, -0.2) is 24.5 Å². The molecule has 2 unspecified atom stereocenters. The van der Waals surface area contributed by atoms with Gasteiger partial charge in [0.2, 0.25) is 0 Å². The summed E-state index contributed by atoms with van der Waals surface area (Å²) in [6.45, 7) is 0.477. The molecule has 1 aromatic carbocycles. The molecule has 86 valence electrons.